The Morgan fingerprint density at radius 2 is 1.93 bits per heavy atom. The van der Waals surface area contributed by atoms with E-state index in [4.69, 9.17) is 14.2 Å². The maximum Gasteiger partial charge on any atom is 0.313 e. The third kappa shape index (κ3) is 3.92. The first-order chi connectivity index (χ1) is 13.6. The van der Waals surface area contributed by atoms with E-state index in [1.54, 1.807) is 13.2 Å². The molecule has 3 aromatic rings. The van der Waals surface area contributed by atoms with Crippen LogP contribution in [0.1, 0.15) is 12.0 Å². The molecule has 1 aliphatic heterocycles. The van der Waals surface area contributed by atoms with Gasteiger partial charge in [-0.25, -0.2) is 4.98 Å². The first-order valence-electron chi connectivity index (χ1n) is 9.25. The zero-order valence-corrected chi connectivity index (χ0v) is 15.9. The molecular weight excluding hydrogens is 356 g/mol. The average Bonchev–Trinajstić information content (AvgIpc) is 3.21. The quantitative estimate of drug-likeness (QED) is 0.677. The Morgan fingerprint density at radius 1 is 1.14 bits per heavy atom. The van der Waals surface area contributed by atoms with Crippen molar-refractivity contribution in [3.8, 4) is 28.5 Å². The zero-order chi connectivity index (χ0) is 19.5. The number of nitrogens with zero attached hydrogens (tertiary/aromatic N) is 2. The molecule has 0 radical (unpaired) electrons. The molecule has 1 saturated heterocycles. The van der Waals surface area contributed by atoms with E-state index in [0.29, 0.717) is 12.4 Å². The van der Waals surface area contributed by atoms with Crippen LogP contribution >= 0.6 is 0 Å². The van der Waals surface area contributed by atoms with E-state index < -0.39 is 0 Å². The second kappa shape index (κ2) is 7.86. The highest BCUT2D eigenvalue weighted by Gasteiger charge is 2.18. The number of hydrogen-bond donors (Lipinski definition) is 0. The summed E-state index contributed by atoms with van der Waals surface area (Å²) in [6.45, 7) is 3.46. The molecule has 0 spiro atoms. The highest BCUT2D eigenvalue weighted by atomic mass is 16.5. The number of aryl methyl sites for hydroxylation is 2. The van der Waals surface area contributed by atoms with Gasteiger partial charge in [-0.2, -0.15) is 0 Å². The van der Waals surface area contributed by atoms with E-state index in [9.17, 15) is 4.79 Å². The van der Waals surface area contributed by atoms with Gasteiger partial charge in [0, 0.05) is 25.9 Å². The van der Waals surface area contributed by atoms with Gasteiger partial charge in [-0.1, -0.05) is 18.2 Å². The molecule has 0 aliphatic carbocycles. The molecule has 1 aromatic heterocycles. The molecule has 2 aromatic carbocycles. The highest BCUT2D eigenvalue weighted by molar-refractivity contribution is 5.66. The normalized spacial score (nSPS) is 16.1. The summed E-state index contributed by atoms with van der Waals surface area (Å²) in [5, 5.41) is 0. The predicted octanol–water partition coefficient (Wildman–Crippen LogP) is 3.72. The Morgan fingerprint density at radius 3 is 2.64 bits per heavy atom. The lowest BCUT2D eigenvalue weighted by atomic mass is 10.0. The van der Waals surface area contributed by atoms with Crippen LogP contribution < -0.4 is 15.0 Å². The van der Waals surface area contributed by atoms with Crippen LogP contribution in [0.5, 0.6) is 17.4 Å². The summed E-state index contributed by atoms with van der Waals surface area (Å²) in [7, 11) is 1.66. The van der Waals surface area contributed by atoms with Crippen molar-refractivity contribution in [1.82, 2.24) is 9.55 Å². The molecule has 0 amide bonds. The third-order valence-electron chi connectivity index (χ3n) is 4.74. The summed E-state index contributed by atoms with van der Waals surface area (Å²) >= 11 is 0. The molecule has 1 atom stereocenters. The molecule has 1 fully saturated rings. The van der Waals surface area contributed by atoms with Gasteiger partial charge < -0.3 is 18.8 Å². The number of benzene rings is 2. The highest BCUT2D eigenvalue weighted by Crippen LogP contribution is 2.29. The minimum absolute atomic E-state index is 0.0611. The Balaban J connectivity index is 1.49. The number of ether oxygens (including phenoxy) is 3. The molecule has 1 unspecified atom stereocenters. The van der Waals surface area contributed by atoms with Crippen molar-refractivity contribution < 1.29 is 14.2 Å². The Labute approximate surface area is 163 Å². The van der Waals surface area contributed by atoms with Crippen molar-refractivity contribution in [1.29, 1.82) is 0 Å². The van der Waals surface area contributed by atoms with Crippen LogP contribution in [0.2, 0.25) is 0 Å². The van der Waals surface area contributed by atoms with Crippen molar-refractivity contribution in [2.45, 2.75) is 19.4 Å². The van der Waals surface area contributed by atoms with Gasteiger partial charge in [0.15, 0.2) is 0 Å². The fraction of sp³-hybridized carbons (Fsp3) is 0.273. The van der Waals surface area contributed by atoms with Crippen LogP contribution in [-0.2, 0) is 11.8 Å². The minimum Gasteiger partial charge on any atom is -0.488 e. The summed E-state index contributed by atoms with van der Waals surface area (Å²) in [5.41, 5.74) is 2.96. The fourth-order valence-corrected chi connectivity index (χ4v) is 3.12. The third-order valence-corrected chi connectivity index (χ3v) is 4.74. The molecule has 6 heteroatoms. The average molecular weight is 378 g/mol. The molecule has 6 nitrogen and oxygen atoms in total. The lowest BCUT2D eigenvalue weighted by Gasteiger charge is -2.15. The molecule has 4 rings (SSSR count). The van der Waals surface area contributed by atoms with Gasteiger partial charge in [0.05, 0.1) is 13.2 Å². The smallest absolute Gasteiger partial charge is 0.313 e. The van der Waals surface area contributed by atoms with E-state index in [0.717, 1.165) is 35.5 Å². The zero-order valence-electron chi connectivity index (χ0n) is 15.9. The van der Waals surface area contributed by atoms with Crippen LogP contribution in [0.4, 0.5) is 0 Å². The van der Waals surface area contributed by atoms with Gasteiger partial charge in [0.2, 0.25) is 0 Å². The van der Waals surface area contributed by atoms with Gasteiger partial charge in [-0.15, -0.1) is 0 Å². The Bertz CT molecular complexity index is 1020. The number of aromatic nitrogens is 2. The summed E-state index contributed by atoms with van der Waals surface area (Å²) in [5.74, 6) is 1.52. The molecule has 0 bridgehead atoms. The van der Waals surface area contributed by atoms with E-state index in [1.807, 2.05) is 43.3 Å². The lowest BCUT2D eigenvalue weighted by Crippen LogP contribution is -2.18. The van der Waals surface area contributed by atoms with Gasteiger partial charge >= 0.3 is 5.56 Å². The maximum atomic E-state index is 12.0. The first-order valence-corrected chi connectivity index (χ1v) is 9.25. The minimum atomic E-state index is -0.273. The number of hydrogen-bond acceptors (Lipinski definition) is 5. The van der Waals surface area contributed by atoms with Gasteiger partial charge in [-0.3, -0.25) is 4.79 Å². The monoisotopic (exact) mass is 378 g/mol. The summed E-state index contributed by atoms with van der Waals surface area (Å²) < 4.78 is 18.4. The molecule has 2 heterocycles. The van der Waals surface area contributed by atoms with E-state index in [-0.39, 0.29) is 17.5 Å². The summed E-state index contributed by atoms with van der Waals surface area (Å²) in [6.07, 6.45) is 4.20. The standard InChI is InChI=1S/C22H22N2O4/c1-15-13-17(5-8-20(15)27-19-9-12-26-14-19)16-3-6-18(7-4-16)28-21-22(25)24(2)11-10-23-21/h3-8,10-11,13,19H,9,12,14H2,1-2H3. The second-order valence-corrected chi connectivity index (χ2v) is 6.86. The molecule has 28 heavy (non-hydrogen) atoms. The van der Waals surface area contributed by atoms with Gasteiger partial charge in [0.25, 0.3) is 5.88 Å². The maximum absolute atomic E-state index is 12.0. The van der Waals surface area contributed by atoms with E-state index in [2.05, 4.69) is 11.1 Å². The molecule has 0 saturated carbocycles. The van der Waals surface area contributed by atoms with Crippen molar-refractivity contribution in [2.24, 2.45) is 7.05 Å². The van der Waals surface area contributed by atoms with Crippen molar-refractivity contribution in [2.75, 3.05) is 13.2 Å². The van der Waals surface area contributed by atoms with Crippen molar-refractivity contribution >= 4 is 0 Å². The van der Waals surface area contributed by atoms with E-state index >= 15 is 0 Å². The Hall–Kier alpha value is -3.12. The van der Waals surface area contributed by atoms with Crippen LogP contribution in [0, 0.1) is 6.92 Å². The molecule has 1 aliphatic rings. The summed E-state index contributed by atoms with van der Waals surface area (Å²) in [4.78, 5) is 16.0. The molecule has 0 N–H and O–H groups in total. The van der Waals surface area contributed by atoms with Gasteiger partial charge in [0.1, 0.15) is 17.6 Å². The molecule has 144 valence electrons. The van der Waals surface area contributed by atoms with Crippen LogP contribution in [0.15, 0.2) is 59.7 Å². The Kier molecular flexibility index (Phi) is 5.12. The van der Waals surface area contributed by atoms with Gasteiger partial charge in [-0.05, 0) is 47.9 Å². The number of rotatable bonds is 5. The first kappa shape index (κ1) is 18.3. The largest absolute Gasteiger partial charge is 0.488 e. The SMILES string of the molecule is Cc1cc(-c2ccc(Oc3nccn(C)c3=O)cc2)ccc1OC1CCOC1. The second-order valence-electron chi connectivity index (χ2n) is 6.86. The fourth-order valence-electron chi connectivity index (χ4n) is 3.12. The van der Waals surface area contributed by atoms with Crippen LogP contribution in [0.25, 0.3) is 11.1 Å². The van der Waals surface area contributed by atoms with E-state index in [1.165, 1.54) is 10.8 Å². The topological polar surface area (TPSA) is 62.6 Å². The summed E-state index contributed by atoms with van der Waals surface area (Å²) in [6, 6.07) is 13.7. The van der Waals surface area contributed by atoms with Crippen LogP contribution in [0.3, 0.4) is 0 Å². The predicted molar refractivity (Wildman–Crippen MR) is 106 cm³/mol. The van der Waals surface area contributed by atoms with Crippen molar-refractivity contribution in [3.63, 3.8) is 0 Å². The van der Waals surface area contributed by atoms with Crippen molar-refractivity contribution in [3.05, 3.63) is 70.8 Å². The lowest BCUT2D eigenvalue weighted by molar-refractivity contribution is 0.141. The van der Waals surface area contributed by atoms with Crippen LogP contribution in [-0.4, -0.2) is 28.9 Å². The molecular formula is C22H22N2O4.